The lowest BCUT2D eigenvalue weighted by atomic mass is 10.1. The van der Waals surface area contributed by atoms with E-state index < -0.39 is 0 Å². The number of ether oxygens (including phenoxy) is 3. The van der Waals surface area contributed by atoms with E-state index in [0.29, 0.717) is 47.4 Å². The molecule has 3 aromatic rings. The molecular formula is C20H25N5O4. The summed E-state index contributed by atoms with van der Waals surface area (Å²) in [5.41, 5.74) is 3.34. The minimum absolute atomic E-state index is 0.132. The summed E-state index contributed by atoms with van der Waals surface area (Å²) in [5.74, 6) is 2.53. The zero-order valence-electron chi connectivity index (χ0n) is 17.5. The normalized spacial score (nSPS) is 10.8. The smallest absolute Gasteiger partial charge is 0.252 e. The highest BCUT2D eigenvalue weighted by Gasteiger charge is 2.16. The summed E-state index contributed by atoms with van der Waals surface area (Å²) in [7, 11) is 4.59. The van der Waals surface area contributed by atoms with Gasteiger partial charge in [0.2, 0.25) is 11.7 Å². The quantitative estimate of drug-likeness (QED) is 0.652. The Morgan fingerprint density at radius 2 is 1.69 bits per heavy atom. The fourth-order valence-corrected chi connectivity index (χ4v) is 3.29. The van der Waals surface area contributed by atoms with Crippen molar-refractivity contribution in [2.75, 3.05) is 26.6 Å². The number of anilines is 1. The number of aryl methyl sites for hydroxylation is 3. The van der Waals surface area contributed by atoms with Crippen molar-refractivity contribution in [3.05, 3.63) is 34.9 Å². The number of amides is 1. The Bertz CT molecular complexity index is 1040. The first-order valence-electron chi connectivity index (χ1n) is 9.17. The lowest BCUT2D eigenvalue weighted by molar-refractivity contribution is -0.116. The summed E-state index contributed by atoms with van der Waals surface area (Å²) in [6, 6.07) is 3.39. The minimum Gasteiger partial charge on any atom is -0.493 e. The summed E-state index contributed by atoms with van der Waals surface area (Å²) < 4.78 is 17.7. The standard InChI is InChI=1S/C20H25N5O4/c1-11-15(12(2)25-20(21-11)22-13(3)24-25)7-8-18(26)23-14-9-16(27-4)19(29-6)17(10-14)28-5/h9-10H,7-8H2,1-6H3,(H,23,26). The van der Waals surface area contributed by atoms with E-state index in [2.05, 4.69) is 20.4 Å². The molecule has 154 valence electrons. The summed E-state index contributed by atoms with van der Waals surface area (Å²) in [4.78, 5) is 21.3. The summed E-state index contributed by atoms with van der Waals surface area (Å²) in [5, 5.41) is 7.25. The van der Waals surface area contributed by atoms with Crippen LogP contribution in [0.3, 0.4) is 0 Å². The van der Waals surface area contributed by atoms with Gasteiger partial charge in [-0.3, -0.25) is 4.79 Å². The Morgan fingerprint density at radius 1 is 1.03 bits per heavy atom. The molecular weight excluding hydrogens is 374 g/mol. The number of carbonyl (C=O) groups excluding carboxylic acids is 1. The third kappa shape index (κ3) is 4.08. The van der Waals surface area contributed by atoms with Crippen LogP contribution >= 0.6 is 0 Å². The second-order valence-electron chi connectivity index (χ2n) is 6.59. The van der Waals surface area contributed by atoms with Gasteiger partial charge < -0.3 is 19.5 Å². The van der Waals surface area contributed by atoms with Crippen molar-refractivity contribution in [1.29, 1.82) is 0 Å². The Morgan fingerprint density at radius 3 is 2.28 bits per heavy atom. The maximum Gasteiger partial charge on any atom is 0.252 e. The van der Waals surface area contributed by atoms with Gasteiger partial charge >= 0.3 is 0 Å². The molecule has 29 heavy (non-hydrogen) atoms. The van der Waals surface area contributed by atoms with Crippen LogP contribution in [-0.2, 0) is 11.2 Å². The molecule has 0 saturated carbocycles. The molecule has 1 N–H and O–H groups in total. The lowest BCUT2D eigenvalue weighted by Crippen LogP contribution is -2.14. The minimum atomic E-state index is -0.132. The van der Waals surface area contributed by atoms with E-state index in [1.54, 1.807) is 16.6 Å². The highest BCUT2D eigenvalue weighted by atomic mass is 16.5. The predicted octanol–water partition coefficient (Wildman–Crippen LogP) is 2.65. The van der Waals surface area contributed by atoms with Crippen LogP contribution in [0.4, 0.5) is 5.69 Å². The maximum absolute atomic E-state index is 12.6. The van der Waals surface area contributed by atoms with Gasteiger partial charge in [0.25, 0.3) is 5.78 Å². The van der Waals surface area contributed by atoms with Crippen LogP contribution in [0.5, 0.6) is 17.2 Å². The predicted molar refractivity (Wildman–Crippen MR) is 108 cm³/mol. The van der Waals surface area contributed by atoms with Gasteiger partial charge in [0, 0.05) is 35.6 Å². The van der Waals surface area contributed by atoms with E-state index in [-0.39, 0.29) is 5.91 Å². The SMILES string of the molecule is COc1cc(NC(=O)CCc2c(C)nc3nc(C)nn3c2C)cc(OC)c1OC. The number of benzene rings is 1. The van der Waals surface area contributed by atoms with E-state index in [4.69, 9.17) is 14.2 Å². The van der Waals surface area contributed by atoms with E-state index in [9.17, 15) is 4.79 Å². The summed E-state index contributed by atoms with van der Waals surface area (Å²) >= 11 is 0. The Hall–Kier alpha value is -3.36. The Labute approximate surface area is 169 Å². The summed E-state index contributed by atoms with van der Waals surface area (Å²) in [6.45, 7) is 5.71. The molecule has 3 rings (SSSR count). The molecule has 2 heterocycles. The molecule has 0 spiro atoms. The number of nitrogens with zero attached hydrogens (tertiary/aromatic N) is 4. The number of aromatic nitrogens is 4. The van der Waals surface area contributed by atoms with E-state index in [1.807, 2.05) is 20.8 Å². The van der Waals surface area contributed by atoms with Crippen molar-refractivity contribution >= 4 is 17.4 Å². The maximum atomic E-state index is 12.6. The van der Waals surface area contributed by atoms with Crippen LogP contribution in [0, 0.1) is 20.8 Å². The molecule has 0 aliphatic rings. The van der Waals surface area contributed by atoms with Gasteiger partial charge in [0.05, 0.1) is 21.3 Å². The third-order valence-corrected chi connectivity index (χ3v) is 4.71. The Kier molecular flexibility index (Phi) is 5.86. The van der Waals surface area contributed by atoms with Crippen molar-refractivity contribution in [2.24, 2.45) is 0 Å². The number of hydrogen-bond acceptors (Lipinski definition) is 7. The van der Waals surface area contributed by atoms with Crippen molar-refractivity contribution in [2.45, 2.75) is 33.6 Å². The van der Waals surface area contributed by atoms with E-state index in [0.717, 1.165) is 17.0 Å². The van der Waals surface area contributed by atoms with Crippen LogP contribution < -0.4 is 19.5 Å². The second-order valence-corrected chi connectivity index (χ2v) is 6.59. The molecule has 0 unspecified atom stereocenters. The van der Waals surface area contributed by atoms with Crippen molar-refractivity contribution in [3.63, 3.8) is 0 Å². The fourth-order valence-electron chi connectivity index (χ4n) is 3.29. The van der Waals surface area contributed by atoms with Gasteiger partial charge in [-0.2, -0.15) is 10.1 Å². The largest absolute Gasteiger partial charge is 0.493 e. The van der Waals surface area contributed by atoms with E-state index >= 15 is 0 Å². The van der Waals surface area contributed by atoms with Crippen molar-refractivity contribution in [3.8, 4) is 17.2 Å². The number of methoxy groups -OCH3 is 3. The summed E-state index contributed by atoms with van der Waals surface area (Å²) in [6.07, 6.45) is 0.828. The first kappa shape index (κ1) is 20.4. The highest BCUT2D eigenvalue weighted by Crippen LogP contribution is 2.39. The zero-order chi connectivity index (χ0) is 21.1. The lowest BCUT2D eigenvalue weighted by Gasteiger charge is -2.15. The monoisotopic (exact) mass is 399 g/mol. The number of nitrogens with one attached hydrogen (secondary N) is 1. The first-order valence-corrected chi connectivity index (χ1v) is 9.17. The second kappa shape index (κ2) is 8.34. The van der Waals surface area contributed by atoms with Gasteiger partial charge in [-0.1, -0.05) is 0 Å². The average molecular weight is 399 g/mol. The molecule has 1 amide bonds. The molecule has 0 bridgehead atoms. The van der Waals surface area contributed by atoms with Crippen LogP contribution in [0.1, 0.15) is 29.2 Å². The average Bonchev–Trinajstić information content (AvgIpc) is 3.07. The molecule has 0 aliphatic heterocycles. The van der Waals surface area contributed by atoms with Gasteiger partial charge in [0.15, 0.2) is 11.5 Å². The molecule has 0 radical (unpaired) electrons. The van der Waals surface area contributed by atoms with Crippen LogP contribution in [0.25, 0.3) is 5.78 Å². The topological polar surface area (TPSA) is 99.9 Å². The molecule has 0 fully saturated rings. The van der Waals surface area contributed by atoms with Gasteiger partial charge in [0.1, 0.15) is 5.82 Å². The molecule has 0 atom stereocenters. The number of fused-ring (bicyclic) bond motifs is 1. The molecule has 9 nitrogen and oxygen atoms in total. The van der Waals surface area contributed by atoms with Gasteiger partial charge in [-0.05, 0) is 32.8 Å². The van der Waals surface area contributed by atoms with Crippen molar-refractivity contribution < 1.29 is 19.0 Å². The van der Waals surface area contributed by atoms with Gasteiger partial charge in [-0.25, -0.2) is 9.50 Å². The molecule has 0 aliphatic carbocycles. The van der Waals surface area contributed by atoms with Crippen LogP contribution in [0.2, 0.25) is 0 Å². The zero-order valence-corrected chi connectivity index (χ0v) is 17.5. The number of hydrogen-bond donors (Lipinski definition) is 1. The Balaban J connectivity index is 1.76. The molecule has 0 saturated heterocycles. The molecule has 9 heteroatoms. The number of carbonyl (C=O) groups is 1. The first-order chi connectivity index (χ1) is 13.9. The molecule has 1 aromatic carbocycles. The highest BCUT2D eigenvalue weighted by molar-refractivity contribution is 5.91. The fraction of sp³-hybridized carbons (Fsp3) is 0.400. The molecule has 2 aromatic heterocycles. The van der Waals surface area contributed by atoms with Crippen LogP contribution in [-0.4, -0.2) is 46.8 Å². The third-order valence-electron chi connectivity index (χ3n) is 4.71. The van der Waals surface area contributed by atoms with Crippen LogP contribution in [0.15, 0.2) is 12.1 Å². The van der Waals surface area contributed by atoms with Crippen molar-refractivity contribution in [1.82, 2.24) is 19.6 Å². The van der Waals surface area contributed by atoms with Gasteiger partial charge in [-0.15, -0.1) is 0 Å². The van der Waals surface area contributed by atoms with E-state index in [1.165, 1.54) is 21.3 Å². The number of rotatable bonds is 7.